The highest BCUT2D eigenvalue weighted by Crippen LogP contribution is 2.29. The van der Waals surface area contributed by atoms with Crippen LogP contribution in [0.4, 0.5) is 16.3 Å². The van der Waals surface area contributed by atoms with E-state index in [0.29, 0.717) is 22.1 Å². The summed E-state index contributed by atoms with van der Waals surface area (Å²) in [5.74, 6) is -0.735. The van der Waals surface area contributed by atoms with Crippen LogP contribution in [0.25, 0.3) is 6.08 Å². The Hall–Kier alpha value is -2.61. The van der Waals surface area contributed by atoms with E-state index in [1.54, 1.807) is 35.2 Å². The van der Waals surface area contributed by atoms with Gasteiger partial charge >= 0.3 is 12.0 Å². The van der Waals surface area contributed by atoms with Crippen LogP contribution in [0.15, 0.2) is 42.6 Å². The Morgan fingerprint density at radius 3 is 2.52 bits per heavy atom. The summed E-state index contributed by atoms with van der Waals surface area (Å²) in [6, 6.07) is 8.00. The van der Waals surface area contributed by atoms with E-state index >= 15 is 0 Å². The molecular formula is C20H20Cl2N4O3. The number of pyridine rings is 1. The van der Waals surface area contributed by atoms with E-state index in [-0.39, 0.29) is 17.1 Å². The number of carbonyl (C=O) groups is 2. The molecule has 3 rings (SSSR count). The molecule has 0 spiro atoms. The standard InChI is InChI=1S/C20H20Cl2N4O3/c21-14-2-4-15(5-3-14)25-20(29)26(16-7-9-23-10-8-16)19-17(22)11-13(12-24-19)1-6-18(27)28/h1-6,11-12,16,23H,7-10H2,(H,25,29)(H,27,28)/b6-1+. The summed E-state index contributed by atoms with van der Waals surface area (Å²) in [5.41, 5.74) is 1.14. The third kappa shape index (κ3) is 5.69. The highest BCUT2D eigenvalue weighted by atomic mass is 35.5. The van der Waals surface area contributed by atoms with Crippen molar-refractivity contribution in [2.75, 3.05) is 23.3 Å². The maximum Gasteiger partial charge on any atom is 0.328 e. The van der Waals surface area contributed by atoms with Gasteiger partial charge in [-0.3, -0.25) is 4.90 Å². The van der Waals surface area contributed by atoms with Crippen molar-refractivity contribution in [1.29, 1.82) is 0 Å². The summed E-state index contributed by atoms with van der Waals surface area (Å²) in [4.78, 5) is 29.8. The Kier molecular flexibility index (Phi) is 7.09. The molecule has 2 aromatic rings. The third-order valence-corrected chi connectivity index (χ3v) is 5.01. The van der Waals surface area contributed by atoms with Crippen LogP contribution >= 0.6 is 23.2 Å². The first-order chi connectivity index (χ1) is 13.9. The molecule has 1 aromatic carbocycles. The van der Waals surface area contributed by atoms with E-state index in [2.05, 4.69) is 15.6 Å². The fraction of sp³-hybridized carbons (Fsp3) is 0.250. The number of amides is 2. The number of hydrogen-bond acceptors (Lipinski definition) is 4. The molecule has 2 amide bonds. The first kappa shape index (κ1) is 21.1. The van der Waals surface area contributed by atoms with Gasteiger partial charge in [0.1, 0.15) is 0 Å². The van der Waals surface area contributed by atoms with E-state index in [0.717, 1.165) is 32.0 Å². The van der Waals surface area contributed by atoms with Crippen molar-refractivity contribution in [3.63, 3.8) is 0 Å². The van der Waals surface area contributed by atoms with Gasteiger partial charge in [-0.1, -0.05) is 23.2 Å². The predicted molar refractivity (Wildman–Crippen MR) is 115 cm³/mol. The lowest BCUT2D eigenvalue weighted by Gasteiger charge is -2.34. The van der Waals surface area contributed by atoms with Gasteiger partial charge in [-0.25, -0.2) is 14.6 Å². The summed E-state index contributed by atoms with van der Waals surface area (Å²) >= 11 is 12.3. The van der Waals surface area contributed by atoms with Gasteiger partial charge in [0.2, 0.25) is 0 Å². The molecule has 1 aliphatic heterocycles. The van der Waals surface area contributed by atoms with E-state index in [9.17, 15) is 9.59 Å². The molecule has 0 aliphatic carbocycles. The normalized spacial score (nSPS) is 14.7. The highest BCUT2D eigenvalue weighted by Gasteiger charge is 2.29. The van der Waals surface area contributed by atoms with Gasteiger partial charge in [0.05, 0.1) is 5.02 Å². The van der Waals surface area contributed by atoms with Gasteiger partial charge in [0, 0.05) is 29.0 Å². The number of piperidine rings is 1. The second-order valence-corrected chi connectivity index (χ2v) is 7.38. The average Bonchev–Trinajstić information content (AvgIpc) is 2.70. The molecule has 29 heavy (non-hydrogen) atoms. The number of anilines is 2. The Labute approximate surface area is 178 Å². The first-order valence-electron chi connectivity index (χ1n) is 9.07. The lowest BCUT2D eigenvalue weighted by atomic mass is 10.0. The van der Waals surface area contributed by atoms with Crippen LogP contribution < -0.4 is 15.5 Å². The zero-order chi connectivity index (χ0) is 20.8. The second-order valence-electron chi connectivity index (χ2n) is 6.53. The monoisotopic (exact) mass is 434 g/mol. The molecule has 2 heterocycles. The van der Waals surface area contributed by atoms with Crippen molar-refractivity contribution >= 4 is 52.8 Å². The minimum absolute atomic E-state index is 0.0750. The van der Waals surface area contributed by atoms with Crippen molar-refractivity contribution in [1.82, 2.24) is 10.3 Å². The molecular weight excluding hydrogens is 415 g/mol. The van der Waals surface area contributed by atoms with Crippen LogP contribution in [0.5, 0.6) is 0 Å². The van der Waals surface area contributed by atoms with Crippen LogP contribution in [-0.2, 0) is 4.79 Å². The van der Waals surface area contributed by atoms with Crippen molar-refractivity contribution in [2.45, 2.75) is 18.9 Å². The van der Waals surface area contributed by atoms with Crippen LogP contribution in [0, 0.1) is 0 Å². The fourth-order valence-electron chi connectivity index (χ4n) is 3.10. The molecule has 1 aromatic heterocycles. The summed E-state index contributed by atoms with van der Waals surface area (Å²) in [6.45, 7) is 1.57. The minimum Gasteiger partial charge on any atom is -0.478 e. The van der Waals surface area contributed by atoms with Gasteiger partial charge in [0.25, 0.3) is 0 Å². The average molecular weight is 435 g/mol. The van der Waals surface area contributed by atoms with Gasteiger partial charge < -0.3 is 15.7 Å². The van der Waals surface area contributed by atoms with E-state index < -0.39 is 5.97 Å². The van der Waals surface area contributed by atoms with E-state index in [1.165, 1.54) is 12.3 Å². The summed E-state index contributed by atoms with van der Waals surface area (Å²) < 4.78 is 0. The number of aliphatic carboxylic acids is 1. The van der Waals surface area contributed by atoms with E-state index in [4.69, 9.17) is 28.3 Å². The minimum atomic E-state index is -1.07. The zero-order valence-electron chi connectivity index (χ0n) is 15.4. The van der Waals surface area contributed by atoms with Crippen molar-refractivity contribution in [3.8, 4) is 0 Å². The lowest BCUT2D eigenvalue weighted by Crippen LogP contribution is -2.48. The van der Waals surface area contributed by atoms with Crippen LogP contribution in [0.2, 0.25) is 10.0 Å². The topological polar surface area (TPSA) is 94.6 Å². The van der Waals surface area contributed by atoms with Gasteiger partial charge in [-0.2, -0.15) is 0 Å². The fourth-order valence-corrected chi connectivity index (χ4v) is 3.49. The number of carboxylic acids is 1. The quantitative estimate of drug-likeness (QED) is 0.610. The number of urea groups is 1. The Morgan fingerprint density at radius 1 is 1.21 bits per heavy atom. The molecule has 0 bridgehead atoms. The van der Waals surface area contributed by atoms with Gasteiger partial charge in [0.15, 0.2) is 5.82 Å². The molecule has 1 fully saturated rings. The van der Waals surface area contributed by atoms with Crippen LogP contribution in [-0.4, -0.2) is 41.2 Å². The number of nitrogens with one attached hydrogen (secondary N) is 2. The van der Waals surface area contributed by atoms with Gasteiger partial charge in [-0.15, -0.1) is 0 Å². The molecule has 3 N–H and O–H groups in total. The maximum atomic E-state index is 13.1. The van der Waals surface area contributed by atoms with Crippen molar-refractivity contribution < 1.29 is 14.7 Å². The molecule has 1 aliphatic rings. The van der Waals surface area contributed by atoms with Crippen molar-refractivity contribution in [2.24, 2.45) is 0 Å². The summed E-state index contributed by atoms with van der Waals surface area (Å²) in [7, 11) is 0. The molecule has 0 atom stereocenters. The smallest absolute Gasteiger partial charge is 0.328 e. The second kappa shape index (κ2) is 9.73. The number of benzene rings is 1. The van der Waals surface area contributed by atoms with Gasteiger partial charge in [-0.05, 0) is 67.9 Å². The number of halogens is 2. The third-order valence-electron chi connectivity index (χ3n) is 4.48. The predicted octanol–water partition coefficient (Wildman–Crippen LogP) is 4.28. The summed E-state index contributed by atoms with van der Waals surface area (Å²) in [5, 5.41) is 15.8. The number of rotatable bonds is 5. The van der Waals surface area contributed by atoms with Crippen LogP contribution in [0.3, 0.4) is 0 Å². The maximum absolute atomic E-state index is 13.1. The largest absolute Gasteiger partial charge is 0.478 e. The first-order valence-corrected chi connectivity index (χ1v) is 9.82. The SMILES string of the molecule is O=C(O)/C=C/c1cnc(N(C(=O)Nc2ccc(Cl)cc2)C2CCNCC2)c(Cl)c1. The molecule has 0 radical (unpaired) electrons. The Morgan fingerprint density at radius 2 is 1.90 bits per heavy atom. The number of nitrogens with zero attached hydrogens (tertiary/aromatic N) is 2. The number of aromatic nitrogens is 1. The Balaban J connectivity index is 1.89. The van der Waals surface area contributed by atoms with Crippen molar-refractivity contribution in [3.05, 3.63) is 58.2 Å². The summed E-state index contributed by atoms with van der Waals surface area (Å²) in [6.07, 6.45) is 5.40. The molecule has 1 saturated heterocycles. The molecule has 0 saturated carbocycles. The lowest BCUT2D eigenvalue weighted by molar-refractivity contribution is -0.131. The number of carboxylic acid groups (broad SMARTS) is 1. The molecule has 7 nitrogen and oxygen atoms in total. The molecule has 9 heteroatoms. The highest BCUT2D eigenvalue weighted by molar-refractivity contribution is 6.33. The number of carbonyl (C=O) groups excluding carboxylic acids is 1. The zero-order valence-corrected chi connectivity index (χ0v) is 17.0. The molecule has 0 unspecified atom stereocenters. The molecule has 152 valence electrons. The van der Waals surface area contributed by atoms with Crippen LogP contribution in [0.1, 0.15) is 18.4 Å². The van der Waals surface area contributed by atoms with E-state index in [1.807, 2.05) is 0 Å². The number of hydrogen-bond donors (Lipinski definition) is 3. The Bertz CT molecular complexity index is 912.